The summed E-state index contributed by atoms with van der Waals surface area (Å²) in [6.07, 6.45) is 2.22. The fraction of sp³-hybridized carbons (Fsp3) is 0.364. The molecule has 1 aliphatic rings. The van der Waals surface area contributed by atoms with Crippen LogP contribution in [0.5, 0.6) is 11.5 Å². The van der Waals surface area contributed by atoms with Gasteiger partial charge in [-0.3, -0.25) is 4.90 Å². The smallest absolute Gasteiger partial charge is 0.161 e. The third kappa shape index (κ3) is 6.70. The van der Waals surface area contributed by atoms with E-state index in [4.69, 9.17) is 19.2 Å². The zero-order valence-electron chi connectivity index (χ0n) is 23.1. The lowest BCUT2D eigenvalue weighted by Gasteiger charge is -2.25. The van der Waals surface area contributed by atoms with Gasteiger partial charge < -0.3 is 18.8 Å². The fourth-order valence-electron chi connectivity index (χ4n) is 5.05. The molecule has 204 valence electrons. The Morgan fingerprint density at radius 3 is 2.28 bits per heavy atom. The lowest BCUT2D eigenvalue weighted by Crippen LogP contribution is -2.28. The van der Waals surface area contributed by atoms with E-state index in [9.17, 15) is 0 Å². The number of nitrogens with zero attached hydrogens (tertiary/aromatic N) is 3. The van der Waals surface area contributed by atoms with E-state index in [-0.39, 0.29) is 0 Å². The molecule has 0 spiro atoms. The van der Waals surface area contributed by atoms with E-state index in [0.717, 1.165) is 73.2 Å². The Kier molecular flexibility index (Phi) is 9.30. The van der Waals surface area contributed by atoms with E-state index in [1.165, 1.54) is 11.3 Å². The Hall–Kier alpha value is -3.61. The minimum atomic E-state index is 0.587. The highest BCUT2D eigenvalue weighted by molar-refractivity contribution is 5.68. The van der Waals surface area contributed by atoms with Gasteiger partial charge in [-0.25, -0.2) is 4.98 Å². The number of unbranched alkanes of at least 4 members (excludes halogenated alkanes) is 1. The number of imidazole rings is 1. The lowest BCUT2D eigenvalue weighted by molar-refractivity contribution is 0.106. The summed E-state index contributed by atoms with van der Waals surface area (Å²) >= 11 is 0. The predicted octanol–water partition coefficient (Wildman–Crippen LogP) is 6.83. The molecule has 0 saturated carbocycles. The molecule has 1 aromatic heterocycles. The molecule has 0 N–H and O–H groups in total. The molecule has 0 aliphatic carbocycles. The Morgan fingerprint density at radius 2 is 1.56 bits per heavy atom. The third-order valence-corrected chi connectivity index (χ3v) is 7.03. The van der Waals surface area contributed by atoms with Gasteiger partial charge in [0.2, 0.25) is 0 Å². The summed E-state index contributed by atoms with van der Waals surface area (Å²) in [7, 11) is 0. The molecule has 5 rings (SSSR count). The second-order valence-corrected chi connectivity index (χ2v) is 9.85. The van der Waals surface area contributed by atoms with Gasteiger partial charge in [-0.1, -0.05) is 80.1 Å². The first-order valence-corrected chi connectivity index (χ1v) is 14.2. The van der Waals surface area contributed by atoms with Gasteiger partial charge in [-0.05, 0) is 31.0 Å². The van der Waals surface area contributed by atoms with E-state index in [1.54, 1.807) is 0 Å². The minimum absolute atomic E-state index is 0.587. The Morgan fingerprint density at radius 1 is 0.846 bits per heavy atom. The molecule has 1 aliphatic heterocycles. The second kappa shape index (κ2) is 13.5. The molecular weight excluding hydrogens is 486 g/mol. The maximum atomic E-state index is 5.87. The van der Waals surface area contributed by atoms with Crippen molar-refractivity contribution in [2.75, 3.05) is 33.0 Å². The molecule has 2 heterocycles. The van der Waals surface area contributed by atoms with Crippen molar-refractivity contribution in [3.05, 3.63) is 90.1 Å². The predicted molar refractivity (Wildman–Crippen MR) is 156 cm³/mol. The van der Waals surface area contributed by atoms with Gasteiger partial charge in [0.1, 0.15) is 19.0 Å². The normalized spacial score (nSPS) is 12.7. The molecule has 0 radical (unpaired) electrons. The average Bonchev–Trinajstić information content (AvgIpc) is 3.34. The first kappa shape index (κ1) is 27.0. The number of fused-ring (bicyclic) bond motifs is 1. The van der Waals surface area contributed by atoms with Crippen LogP contribution in [0.15, 0.2) is 78.9 Å². The first-order chi connectivity index (χ1) is 19.3. The van der Waals surface area contributed by atoms with Gasteiger partial charge in [0.25, 0.3) is 0 Å². The maximum Gasteiger partial charge on any atom is 0.161 e. The van der Waals surface area contributed by atoms with E-state index in [0.29, 0.717) is 26.4 Å². The van der Waals surface area contributed by atoms with Crippen LogP contribution < -0.4 is 9.47 Å². The van der Waals surface area contributed by atoms with Crippen LogP contribution in [-0.2, 0) is 24.4 Å². The number of hydrogen-bond acceptors (Lipinski definition) is 5. The SMILES string of the molecule is CCCCn1c(-c2ccccc2)nc(-c2ccccc2)c1CN(CCOCC)Cc1ccc2c(c1)OCCO2. The van der Waals surface area contributed by atoms with Gasteiger partial charge in [-0.15, -0.1) is 0 Å². The lowest BCUT2D eigenvalue weighted by atomic mass is 10.1. The standard InChI is InChI=1S/C33H39N3O3/c1-3-5-18-36-29(32(27-12-8-6-9-13-27)34-33(36)28-14-10-7-11-15-28)25-35(19-20-37-4-2)24-26-16-17-30-31(23-26)39-22-21-38-30/h6-17,23H,3-5,18-22,24-25H2,1-2H3. The van der Waals surface area contributed by atoms with Crippen molar-refractivity contribution >= 4 is 0 Å². The highest BCUT2D eigenvalue weighted by Gasteiger charge is 2.22. The van der Waals surface area contributed by atoms with Crippen LogP contribution in [0.2, 0.25) is 0 Å². The molecule has 0 saturated heterocycles. The van der Waals surface area contributed by atoms with Crippen molar-refractivity contribution in [3.63, 3.8) is 0 Å². The first-order valence-electron chi connectivity index (χ1n) is 14.2. The van der Waals surface area contributed by atoms with Crippen molar-refractivity contribution in [1.29, 1.82) is 0 Å². The second-order valence-electron chi connectivity index (χ2n) is 9.85. The van der Waals surface area contributed by atoms with Crippen molar-refractivity contribution in [2.24, 2.45) is 0 Å². The Bertz CT molecular complexity index is 1320. The number of rotatable bonds is 13. The Labute approximate surface area is 232 Å². The number of aromatic nitrogens is 2. The van der Waals surface area contributed by atoms with Crippen LogP contribution in [0, 0.1) is 0 Å². The van der Waals surface area contributed by atoms with Crippen LogP contribution in [0.4, 0.5) is 0 Å². The molecule has 4 aromatic rings. The van der Waals surface area contributed by atoms with Crippen molar-refractivity contribution in [2.45, 2.75) is 46.3 Å². The van der Waals surface area contributed by atoms with Crippen LogP contribution in [-0.4, -0.2) is 47.4 Å². The summed E-state index contributed by atoms with van der Waals surface area (Å²) in [6, 6.07) is 27.4. The quantitative estimate of drug-likeness (QED) is 0.179. The van der Waals surface area contributed by atoms with Crippen molar-refractivity contribution < 1.29 is 14.2 Å². The maximum absolute atomic E-state index is 5.87. The Balaban J connectivity index is 1.54. The third-order valence-electron chi connectivity index (χ3n) is 7.03. The van der Waals surface area contributed by atoms with Gasteiger partial charge in [-0.2, -0.15) is 0 Å². The van der Waals surface area contributed by atoms with E-state index >= 15 is 0 Å². The molecule has 0 amide bonds. The van der Waals surface area contributed by atoms with E-state index in [1.807, 2.05) is 13.0 Å². The molecule has 39 heavy (non-hydrogen) atoms. The monoisotopic (exact) mass is 525 g/mol. The zero-order chi connectivity index (χ0) is 26.9. The van der Waals surface area contributed by atoms with Crippen LogP contribution >= 0.6 is 0 Å². The molecule has 6 nitrogen and oxygen atoms in total. The highest BCUT2D eigenvalue weighted by atomic mass is 16.6. The summed E-state index contributed by atoms with van der Waals surface area (Å²) in [6.45, 7) is 10.1. The molecule has 6 heteroatoms. The number of benzene rings is 3. The van der Waals surface area contributed by atoms with Crippen molar-refractivity contribution in [1.82, 2.24) is 14.5 Å². The molecule has 0 atom stereocenters. The molecule has 3 aromatic carbocycles. The summed E-state index contributed by atoms with van der Waals surface area (Å²) in [5, 5.41) is 0. The highest BCUT2D eigenvalue weighted by Crippen LogP contribution is 2.33. The van der Waals surface area contributed by atoms with E-state index in [2.05, 4.69) is 89.2 Å². The van der Waals surface area contributed by atoms with E-state index < -0.39 is 0 Å². The van der Waals surface area contributed by atoms with Crippen molar-refractivity contribution in [3.8, 4) is 34.1 Å². The average molecular weight is 526 g/mol. The topological polar surface area (TPSA) is 48.8 Å². The largest absolute Gasteiger partial charge is 0.486 e. The van der Waals surface area contributed by atoms with Gasteiger partial charge in [0.15, 0.2) is 11.5 Å². The summed E-state index contributed by atoms with van der Waals surface area (Å²) in [4.78, 5) is 7.75. The number of hydrogen-bond donors (Lipinski definition) is 0. The molecule has 0 unspecified atom stereocenters. The van der Waals surface area contributed by atoms with Gasteiger partial charge >= 0.3 is 0 Å². The van der Waals surface area contributed by atoms with Gasteiger partial charge in [0.05, 0.1) is 18.0 Å². The summed E-state index contributed by atoms with van der Waals surface area (Å²) in [5.41, 5.74) is 5.77. The summed E-state index contributed by atoms with van der Waals surface area (Å²) in [5.74, 6) is 2.68. The molecular formula is C33H39N3O3. The fourth-order valence-corrected chi connectivity index (χ4v) is 5.05. The molecule has 0 bridgehead atoms. The van der Waals surface area contributed by atoms with Gasteiger partial charge in [0, 0.05) is 43.9 Å². The molecule has 0 fully saturated rings. The zero-order valence-corrected chi connectivity index (χ0v) is 23.1. The van der Waals surface area contributed by atoms with Crippen LogP contribution in [0.3, 0.4) is 0 Å². The minimum Gasteiger partial charge on any atom is -0.486 e. The number of ether oxygens (including phenoxy) is 3. The van der Waals surface area contributed by atoms with Crippen LogP contribution in [0.25, 0.3) is 22.6 Å². The van der Waals surface area contributed by atoms with Crippen LogP contribution in [0.1, 0.15) is 37.9 Å². The summed E-state index contributed by atoms with van der Waals surface area (Å²) < 4.78 is 19.9.